The average Bonchev–Trinajstić information content (AvgIpc) is 3.01. The monoisotopic (exact) mass is 675 g/mol. The zero-order chi connectivity index (χ0) is 34.2. The van der Waals surface area contributed by atoms with Gasteiger partial charge >= 0.3 is 5.97 Å². The molecule has 248 valence electrons. The average molecular weight is 676 g/mol. The number of amides is 4. The number of hydrogen-bond donors (Lipinski definition) is 6. The van der Waals surface area contributed by atoms with Gasteiger partial charge in [-0.05, 0) is 60.6 Å². The van der Waals surface area contributed by atoms with Gasteiger partial charge in [-0.25, -0.2) is 0 Å². The molecule has 2 aromatic carbocycles. The number of halogens is 1. The van der Waals surface area contributed by atoms with Crippen molar-refractivity contribution in [3.63, 3.8) is 0 Å². The van der Waals surface area contributed by atoms with Crippen molar-refractivity contribution >= 4 is 65.6 Å². The summed E-state index contributed by atoms with van der Waals surface area (Å²) in [5.74, 6) is -3.92. The lowest BCUT2D eigenvalue weighted by Crippen LogP contribution is -2.57. The highest BCUT2D eigenvalue weighted by Crippen LogP contribution is 2.15. The molecular weight excluding hydrogens is 638 g/mol. The van der Waals surface area contributed by atoms with Crippen molar-refractivity contribution < 1.29 is 34.0 Å². The van der Waals surface area contributed by atoms with Crippen molar-refractivity contribution in [2.75, 3.05) is 12.3 Å². The Hall–Kier alpha value is -4.43. The standard InChI is InChI=1S/C31H38ClN5O8S/c1-19(2)17-25(31(43)36-26(18-46)29(41)33-16-15-21-5-3-4-6-23(21)32)35-30(42)24(12-14-28(39)40)34-27(38)13-9-20-7-10-22(11-8-20)37(44)45/h3-11,13,19,24-26,46H,12,14-18H2,1-2H3,(H,33,41)(H,34,38)(H,35,42)(H,36,43)(H,39,40)/b13-9+/t24-,25-,26-/m0/s1. The molecule has 2 aromatic rings. The van der Waals surface area contributed by atoms with E-state index < -0.39 is 59.1 Å². The van der Waals surface area contributed by atoms with Gasteiger partial charge in [-0.2, -0.15) is 12.6 Å². The molecule has 0 aliphatic rings. The SMILES string of the molecule is CC(C)C[C@H](NC(=O)[C@H](CCC(=O)O)NC(=O)/C=C/c1ccc([N+](=O)[O-])cc1)C(=O)N[C@@H](CS)C(=O)NCCc1ccccc1Cl. The summed E-state index contributed by atoms with van der Waals surface area (Å²) in [5, 5.41) is 31.0. The summed E-state index contributed by atoms with van der Waals surface area (Å²) in [5.41, 5.74) is 1.20. The number of nitrogens with one attached hydrogen (secondary N) is 4. The Morgan fingerprint density at radius 2 is 1.57 bits per heavy atom. The molecule has 0 aromatic heterocycles. The first-order valence-electron chi connectivity index (χ1n) is 14.5. The van der Waals surface area contributed by atoms with Crippen molar-refractivity contribution in [3.05, 3.63) is 80.9 Å². The number of hydrogen-bond acceptors (Lipinski definition) is 8. The largest absolute Gasteiger partial charge is 0.481 e. The van der Waals surface area contributed by atoms with E-state index in [-0.39, 0.29) is 36.7 Å². The Balaban J connectivity index is 2.07. The van der Waals surface area contributed by atoms with Crippen LogP contribution < -0.4 is 21.3 Å². The van der Waals surface area contributed by atoms with Gasteiger partial charge in [-0.15, -0.1) is 0 Å². The van der Waals surface area contributed by atoms with Gasteiger partial charge in [0.1, 0.15) is 18.1 Å². The minimum Gasteiger partial charge on any atom is -0.481 e. The van der Waals surface area contributed by atoms with Gasteiger partial charge in [-0.1, -0.05) is 43.6 Å². The highest BCUT2D eigenvalue weighted by Gasteiger charge is 2.30. The molecule has 0 bridgehead atoms. The van der Waals surface area contributed by atoms with Crippen LogP contribution in [0.2, 0.25) is 5.02 Å². The van der Waals surface area contributed by atoms with Crippen molar-refractivity contribution in [1.29, 1.82) is 0 Å². The predicted octanol–water partition coefficient (Wildman–Crippen LogP) is 2.92. The fraction of sp³-hybridized carbons (Fsp3) is 0.387. The summed E-state index contributed by atoms with van der Waals surface area (Å²) < 4.78 is 0. The first-order chi connectivity index (χ1) is 21.8. The third-order valence-electron chi connectivity index (χ3n) is 6.62. The molecule has 0 aliphatic heterocycles. The summed E-state index contributed by atoms with van der Waals surface area (Å²) in [6, 6.07) is 9.19. The highest BCUT2D eigenvalue weighted by atomic mass is 35.5. The van der Waals surface area contributed by atoms with Gasteiger partial charge in [0.2, 0.25) is 23.6 Å². The van der Waals surface area contributed by atoms with Crippen LogP contribution in [0.1, 0.15) is 44.2 Å². The third-order valence-corrected chi connectivity index (χ3v) is 7.35. The number of rotatable bonds is 18. The molecular formula is C31H38ClN5O8S. The van der Waals surface area contributed by atoms with Crippen molar-refractivity contribution in [3.8, 4) is 0 Å². The minimum absolute atomic E-state index is 0.0234. The number of aliphatic carboxylic acids is 1. The zero-order valence-corrected chi connectivity index (χ0v) is 27.1. The number of carboxylic acid groups (broad SMARTS) is 1. The Morgan fingerprint density at radius 3 is 2.15 bits per heavy atom. The molecule has 46 heavy (non-hydrogen) atoms. The smallest absolute Gasteiger partial charge is 0.303 e. The molecule has 0 radical (unpaired) electrons. The molecule has 0 fully saturated rings. The highest BCUT2D eigenvalue weighted by molar-refractivity contribution is 7.80. The summed E-state index contributed by atoms with van der Waals surface area (Å²) in [4.78, 5) is 73.5. The van der Waals surface area contributed by atoms with Crippen LogP contribution in [0.15, 0.2) is 54.6 Å². The Morgan fingerprint density at radius 1 is 0.935 bits per heavy atom. The third kappa shape index (κ3) is 13.3. The van der Waals surface area contributed by atoms with Crippen LogP contribution >= 0.6 is 24.2 Å². The normalized spacial score (nSPS) is 13.0. The molecule has 13 nitrogen and oxygen atoms in total. The number of nitro benzene ring substituents is 1. The van der Waals surface area contributed by atoms with Crippen LogP contribution in [0.3, 0.4) is 0 Å². The van der Waals surface area contributed by atoms with E-state index in [0.29, 0.717) is 17.0 Å². The molecule has 5 N–H and O–H groups in total. The van der Waals surface area contributed by atoms with Crippen molar-refractivity contribution in [2.24, 2.45) is 5.92 Å². The van der Waals surface area contributed by atoms with Gasteiger partial charge in [-0.3, -0.25) is 34.1 Å². The van der Waals surface area contributed by atoms with E-state index in [1.807, 2.05) is 26.0 Å². The molecule has 4 amide bonds. The predicted molar refractivity (Wildman–Crippen MR) is 176 cm³/mol. The van der Waals surface area contributed by atoms with E-state index in [1.165, 1.54) is 30.3 Å². The maximum Gasteiger partial charge on any atom is 0.303 e. The van der Waals surface area contributed by atoms with Gasteiger partial charge in [0.05, 0.1) is 4.92 Å². The lowest BCUT2D eigenvalue weighted by atomic mass is 10.0. The Labute approximate surface area is 277 Å². The molecule has 0 heterocycles. The van der Waals surface area contributed by atoms with Crippen molar-refractivity contribution in [1.82, 2.24) is 21.3 Å². The Bertz CT molecular complexity index is 1420. The molecule has 0 saturated carbocycles. The van der Waals surface area contributed by atoms with E-state index in [4.69, 9.17) is 11.6 Å². The first kappa shape index (κ1) is 37.8. The summed E-state index contributed by atoms with van der Waals surface area (Å²) in [6.07, 6.45) is 2.42. The number of carboxylic acids is 1. The number of benzene rings is 2. The first-order valence-corrected chi connectivity index (χ1v) is 15.5. The second kappa shape index (κ2) is 19.2. The maximum atomic E-state index is 13.3. The van der Waals surface area contributed by atoms with E-state index in [0.717, 1.165) is 11.6 Å². The maximum absolute atomic E-state index is 13.3. The molecule has 2 rings (SSSR count). The van der Waals surface area contributed by atoms with Crippen molar-refractivity contribution in [2.45, 2.75) is 57.7 Å². The fourth-order valence-corrected chi connectivity index (χ4v) is 4.71. The molecule has 0 spiro atoms. The number of nitro groups is 1. The molecule has 3 atom stereocenters. The second-order valence-corrected chi connectivity index (χ2v) is 11.5. The van der Waals surface area contributed by atoms with Crippen LogP contribution in [0.5, 0.6) is 0 Å². The lowest BCUT2D eigenvalue weighted by molar-refractivity contribution is -0.384. The van der Waals surface area contributed by atoms with Gasteiger partial charge in [0, 0.05) is 41.9 Å². The van der Waals surface area contributed by atoms with Crippen LogP contribution in [0.4, 0.5) is 5.69 Å². The van der Waals surface area contributed by atoms with E-state index in [2.05, 4.69) is 33.9 Å². The quantitative estimate of drug-likeness (QED) is 0.0600. The van der Waals surface area contributed by atoms with Gasteiger partial charge in [0.25, 0.3) is 5.69 Å². The fourth-order valence-electron chi connectivity index (χ4n) is 4.22. The second-order valence-electron chi connectivity index (χ2n) is 10.7. The number of carbonyl (C=O) groups is 5. The van der Waals surface area contributed by atoms with E-state index in [1.54, 1.807) is 12.1 Å². The minimum atomic E-state index is -1.30. The molecule has 0 aliphatic carbocycles. The lowest BCUT2D eigenvalue weighted by Gasteiger charge is -2.25. The van der Waals surface area contributed by atoms with Crippen LogP contribution in [0.25, 0.3) is 6.08 Å². The summed E-state index contributed by atoms with van der Waals surface area (Å²) >= 11 is 10.4. The molecule has 0 unspecified atom stereocenters. The van der Waals surface area contributed by atoms with Gasteiger partial charge in [0.15, 0.2) is 0 Å². The number of nitrogens with zero attached hydrogens (tertiary/aromatic N) is 1. The summed E-state index contributed by atoms with van der Waals surface area (Å²) in [6.45, 7) is 3.92. The van der Waals surface area contributed by atoms with E-state index in [9.17, 15) is 39.2 Å². The van der Waals surface area contributed by atoms with Crippen LogP contribution in [-0.2, 0) is 30.4 Å². The van der Waals surface area contributed by atoms with Crippen LogP contribution in [0, 0.1) is 16.0 Å². The topological polar surface area (TPSA) is 197 Å². The molecule has 0 saturated heterocycles. The molecule has 15 heteroatoms. The van der Waals surface area contributed by atoms with Crippen LogP contribution in [-0.4, -0.2) is 70.1 Å². The Kier molecular flexibility index (Phi) is 15.7. The van der Waals surface area contributed by atoms with E-state index >= 15 is 0 Å². The number of thiol groups is 1. The number of non-ortho nitro benzene ring substituents is 1. The van der Waals surface area contributed by atoms with Gasteiger partial charge < -0.3 is 26.4 Å². The zero-order valence-electron chi connectivity index (χ0n) is 25.4. The number of carbonyl (C=O) groups excluding carboxylic acids is 4. The summed E-state index contributed by atoms with van der Waals surface area (Å²) in [7, 11) is 0.